The Kier molecular flexibility index (Phi) is 6.73. The molecule has 0 aromatic carbocycles. The first-order valence-corrected chi connectivity index (χ1v) is 6.90. The third kappa shape index (κ3) is 5.12. The molecule has 0 spiro atoms. The Hall–Kier alpha value is -1.20. The van der Waals surface area contributed by atoms with Crippen LogP contribution in [-0.2, 0) is 11.2 Å². The molecule has 0 radical (unpaired) electrons. The summed E-state index contributed by atoms with van der Waals surface area (Å²) in [7, 11) is 1.71. The van der Waals surface area contributed by atoms with Crippen molar-refractivity contribution in [2.24, 2.45) is 5.73 Å². The van der Waals surface area contributed by atoms with Crippen molar-refractivity contribution in [2.45, 2.75) is 45.7 Å². The number of hydrogen-bond donors (Lipinski definition) is 1. The molecule has 1 aromatic heterocycles. The first kappa shape index (κ1) is 15.9. The van der Waals surface area contributed by atoms with E-state index in [-0.39, 0.29) is 6.04 Å². The van der Waals surface area contributed by atoms with Crippen molar-refractivity contribution in [3.05, 3.63) is 18.0 Å². The molecule has 1 heterocycles. The summed E-state index contributed by atoms with van der Waals surface area (Å²) in [5.41, 5.74) is 6.85. The Balaban J connectivity index is 2.78. The van der Waals surface area contributed by atoms with Crippen molar-refractivity contribution < 1.29 is 4.74 Å². The maximum atomic E-state index is 5.78. The predicted octanol–water partition coefficient (Wildman–Crippen LogP) is 1.62. The van der Waals surface area contributed by atoms with Gasteiger partial charge in [-0.15, -0.1) is 0 Å². The lowest BCUT2D eigenvalue weighted by atomic mass is 10.1. The maximum Gasteiger partial charge on any atom is 0.225 e. The normalized spacial score (nSPS) is 14.2. The second-order valence-corrected chi connectivity index (χ2v) is 5.02. The Labute approximate surface area is 116 Å². The van der Waals surface area contributed by atoms with E-state index in [9.17, 15) is 0 Å². The Morgan fingerprint density at radius 1 is 1.32 bits per heavy atom. The van der Waals surface area contributed by atoms with Gasteiger partial charge in [-0.05, 0) is 32.3 Å². The van der Waals surface area contributed by atoms with E-state index in [1.54, 1.807) is 7.11 Å². The molecule has 0 bridgehead atoms. The summed E-state index contributed by atoms with van der Waals surface area (Å²) in [5, 5.41) is 0. The number of ether oxygens (including phenoxy) is 1. The summed E-state index contributed by atoms with van der Waals surface area (Å²) in [6.07, 6.45) is 5.60. The summed E-state index contributed by atoms with van der Waals surface area (Å²) in [6.45, 7) is 7.80. The van der Waals surface area contributed by atoms with Crippen LogP contribution in [0.3, 0.4) is 0 Å². The minimum absolute atomic E-state index is 0.133. The Morgan fingerprint density at radius 3 is 2.42 bits per heavy atom. The van der Waals surface area contributed by atoms with Gasteiger partial charge in [0.2, 0.25) is 5.95 Å². The molecule has 108 valence electrons. The smallest absolute Gasteiger partial charge is 0.225 e. The molecule has 0 aliphatic heterocycles. The zero-order chi connectivity index (χ0) is 14.3. The average Bonchev–Trinajstić information content (AvgIpc) is 2.40. The molecule has 19 heavy (non-hydrogen) atoms. The monoisotopic (exact) mass is 266 g/mol. The highest BCUT2D eigenvalue weighted by Gasteiger charge is 2.15. The molecular formula is C14H26N4O. The quantitative estimate of drug-likeness (QED) is 0.774. The first-order chi connectivity index (χ1) is 9.08. The van der Waals surface area contributed by atoms with Crippen LogP contribution in [0.2, 0.25) is 0 Å². The van der Waals surface area contributed by atoms with Gasteiger partial charge in [-0.3, -0.25) is 0 Å². The number of nitrogens with two attached hydrogens (primary N) is 1. The lowest BCUT2D eigenvalue weighted by Crippen LogP contribution is -2.36. The van der Waals surface area contributed by atoms with Gasteiger partial charge in [0.25, 0.3) is 0 Å². The second-order valence-electron chi connectivity index (χ2n) is 5.02. The third-order valence-electron chi connectivity index (χ3n) is 3.17. The minimum Gasteiger partial charge on any atom is -0.383 e. The summed E-state index contributed by atoms with van der Waals surface area (Å²) >= 11 is 0. The topological polar surface area (TPSA) is 64.3 Å². The third-order valence-corrected chi connectivity index (χ3v) is 3.17. The fourth-order valence-electron chi connectivity index (χ4n) is 1.90. The van der Waals surface area contributed by atoms with E-state index in [1.807, 2.05) is 19.3 Å². The van der Waals surface area contributed by atoms with Crippen LogP contribution < -0.4 is 10.6 Å². The summed E-state index contributed by atoms with van der Waals surface area (Å²) in [5.74, 6) is 0.764. The molecule has 0 amide bonds. The zero-order valence-electron chi connectivity index (χ0n) is 12.5. The predicted molar refractivity (Wildman–Crippen MR) is 78.4 cm³/mol. The van der Waals surface area contributed by atoms with Crippen LogP contribution in [-0.4, -0.2) is 42.3 Å². The van der Waals surface area contributed by atoms with Crippen LogP contribution in [0.25, 0.3) is 0 Å². The summed E-state index contributed by atoms with van der Waals surface area (Å²) in [6, 6.07) is 0.531. The number of hydrogen-bond acceptors (Lipinski definition) is 5. The summed E-state index contributed by atoms with van der Waals surface area (Å²) in [4.78, 5) is 11.1. The SMILES string of the molecule is CCC(C)N(CCOC)c1ncc(CC(C)N)cn1. The van der Waals surface area contributed by atoms with E-state index in [2.05, 4.69) is 28.7 Å². The molecule has 2 unspecified atom stereocenters. The van der Waals surface area contributed by atoms with Crippen molar-refractivity contribution in [1.29, 1.82) is 0 Å². The molecule has 0 aliphatic rings. The largest absolute Gasteiger partial charge is 0.383 e. The number of methoxy groups -OCH3 is 1. The number of rotatable bonds is 8. The fourth-order valence-corrected chi connectivity index (χ4v) is 1.90. The fraction of sp³-hybridized carbons (Fsp3) is 0.714. The van der Waals surface area contributed by atoms with Gasteiger partial charge in [-0.25, -0.2) is 9.97 Å². The van der Waals surface area contributed by atoms with Gasteiger partial charge in [0.1, 0.15) is 0 Å². The van der Waals surface area contributed by atoms with E-state index >= 15 is 0 Å². The van der Waals surface area contributed by atoms with Gasteiger partial charge < -0.3 is 15.4 Å². The molecule has 1 rings (SSSR count). The van der Waals surface area contributed by atoms with Crippen LogP contribution in [0.4, 0.5) is 5.95 Å². The highest BCUT2D eigenvalue weighted by molar-refractivity contribution is 5.31. The molecule has 2 N–H and O–H groups in total. The summed E-state index contributed by atoms with van der Waals surface area (Å²) < 4.78 is 5.15. The van der Waals surface area contributed by atoms with Gasteiger partial charge in [-0.1, -0.05) is 6.92 Å². The molecule has 1 aromatic rings. The molecule has 2 atom stereocenters. The van der Waals surface area contributed by atoms with Crippen LogP contribution >= 0.6 is 0 Å². The molecule has 5 nitrogen and oxygen atoms in total. The van der Waals surface area contributed by atoms with Crippen molar-refractivity contribution in [3.63, 3.8) is 0 Å². The standard InChI is InChI=1S/C14H26N4O/c1-5-12(3)18(6-7-19-4)14-16-9-13(10-17-14)8-11(2)15/h9-12H,5-8,15H2,1-4H3. The van der Waals surface area contributed by atoms with Gasteiger partial charge in [0, 0.05) is 38.1 Å². The lowest BCUT2D eigenvalue weighted by Gasteiger charge is -2.28. The molecule has 0 fully saturated rings. The second kappa shape index (κ2) is 8.07. The molecule has 0 saturated heterocycles. The van der Waals surface area contributed by atoms with Crippen molar-refractivity contribution in [1.82, 2.24) is 9.97 Å². The number of nitrogens with zero attached hydrogens (tertiary/aromatic N) is 3. The van der Waals surface area contributed by atoms with Gasteiger partial charge >= 0.3 is 0 Å². The highest BCUT2D eigenvalue weighted by Crippen LogP contribution is 2.13. The lowest BCUT2D eigenvalue weighted by molar-refractivity contribution is 0.203. The number of anilines is 1. The van der Waals surface area contributed by atoms with E-state index in [0.29, 0.717) is 12.6 Å². The molecule has 0 aliphatic carbocycles. The van der Waals surface area contributed by atoms with Crippen LogP contribution in [0.1, 0.15) is 32.8 Å². The van der Waals surface area contributed by atoms with Crippen molar-refractivity contribution in [3.8, 4) is 0 Å². The zero-order valence-corrected chi connectivity index (χ0v) is 12.5. The van der Waals surface area contributed by atoms with E-state index in [0.717, 1.165) is 30.9 Å². The minimum atomic E-state index is 0.133. The van der Waals surface area contributed by atoms with Crippen LogP contribution in [0, 0.1) is 0 Å². The van der Waals surface area contributed by atoms with E-state index in [1.165, 1.54) is 0 Å². The Bertz CT molecular complexity index is 353. The van der Waals surface area contributed by atoms with Gasteiger partial charge in [-0.2, -0.15) is 0 Å². The van der Waals surface area contributed by atoms with Crippen molar-refractivity contribution >= 4 is 5.95 Å². The molecule has 5 heteroatoms. The maximum absolute atomic E-state index is 5.78. The van der Waals surface area contributed by atoms with E-state index in [4.69, 9.17) is 10.5 Å². The van der Waals surface area contributed by atoms with E-state index < -0.39 is 0 Å². The average molecular weight is 266 g/mol. The first-order valence-electron chi connectivity index (χ1n) is 6.90. The molecule has 0 saturated carbocycles. The van der Waals surface area contributed by atoms with Gasteiger partial charge in [0.05, 0.1) is 6.61 Å². The van der Waals surface area contributed by atoms with Crippen LogP contribution in [0.15, 0.2) is 12.4 Å². The highest BCUT2D eigenvalue weighted by atomic mass is 16.5. The van der Waals surface area contributed by atoms with Crippen molar-refractivity contribution in [2.75, 3.05) is 25.2 Å². The Morgan fingerprint density at radius 2 is 1.95 bits per heavy atom. The molecular weight excluding hydrogens is 240 g/mol. The number of aromatic nitrogens is 2. The van der Waals surface area contributed by atoms with Gasteiger partial charge in [0.15, 0.2) is 0 Å². The van der Waals surface area contributed by atoms with Crippen LogP contribution in [0.5, 0.6) is 0 Å².